The molecule has 0 aliphatic rings. The SMILES string of the molecule is CC(C)COCCOCCOCC(C)C.CCCOCCOCCC. The van der Waals surface area contributed by atoms with Gasteiger partial charge in [-0.05, 0) is 24.7 Å². The molecule has 0 aliphatic heterocycles. The zero-order valence-electron chi connectivity index (χ0n) is 17.7. The number of hydrogen-bond acceptors (Lipinski definition) is 5. The van der Waals surface area contributed by atoms with Crippen molar-refractivity contribution in [1.29, 1.82) is 0 Å². The molecule has 0 saturated heterocycles. The highest BCUT2D eigenvalue weighted by Crippen LogP contribution is 1.93. The summed E-state index contributed by atoms with van der Waals surface area (Å²) in [5.74, 6) is 1.19. The number of rotatable bonds is 17. The monoisotopic (exact) mass is 364 g/mol. The lowest BCUT2D eigenvalue weighted by Crippen LogP contribution is -2.12. The van der Waals surface area contributed by atoms with Crippen LogP contribution in [-0.4, -0.2) is 66.1 Å². The Kier molecular flexibility index (Phi) is 25.7. The Morgan fingerprint density at radius 3 is 1.00 bits per heavy atom. The first-order valence-electron chi connectivity index (χ1n) is 9.93. The summed E-state index contributed by atoms with van der Waals surface area (Å²) in [5.41, 5.74) is 0. The molecule has 25 heavy (non-hydrogen) atoms. The van der Waals surface area contributed by atoms with Crippen molar-refractivity contribution in [2.75, 3.05) is 66.1 Å². The molecule has 0 unspecified atom stereocenters. The van der Waals surface area contributed by atoms with E-state index in [1.807, 2.05) is 0 Å². The fourth-order valence-electron chi connectivity index (χ4n) is 1.59. The molecule has 0 atom stereocenters. The van der Waals surface area contributed by atoms with Gasteiger partial charge < -0.3 is 23.7 Å². The van der Waals surface area contributed by atoms with Crippen LogP contribution in [0.4, 0.5) is 0 Å². The molecule has 0 aliphatic carbocycles. The predicted octanol–water partition coefficient (Wildman–Crippen LogP) is 4.19. The summed E-state index contributed by atoms with van der Waals surface area (Å²) in [7, 11) is 0. The maximum absolute atomic E-state index is 5.37. The van der Waals surface area contributed by atoms with E-state index in [1.165, 1.54) is 0 Å². The summed E-state index contributed by atoms with van der Waals surface area (Å²) < 4.78 is 26.5. The third kappa shape index (κ3) is 32.0. The third-order valence-corrected chi connectivity index (χ3v) is 2.72. The molecule has 0 rings (SSSR count). The van der Waals surface area contributed by atoms with E-state index in [0.717, 1.165) is 52.5 Å². The van der Waals surface area contributed by atoms with E-state index in [1.54, 1.807) is 0 Å². The lowest BCUT2D eigenvalue weighted by atomic mass is 10.2. The zero-order chi connectivity index (χ0) is 19.2. The van der Waals surface area contributed by atoms with Gasteiger partial charge in [-0.2, -0.15) is 0 Å². The van der Waals surface area contributed by atoms with Crippen molar-refractivity contribution in [3.63, 3.8) is 0 Å². The Morgan fingerprint density at radius 1 is 0.440 bits per heavy atom. The van der Waals surface area contributed by atoms with E-state index in [4.69, 9.17) is 23.7 Å². The molecule has 0 radical (unpaired) electrons. The third-order valence-electron chi connectivity index (χ3n) is 2.72. The normalized spacial score (nSPS) is 11.0. The van der Waals surface area contributed by atoms with E-state index in [9.17, 15) is 0 Å². The van der Waals surface area contributed by atoms with Crippen LogP contribution >= 0.6 is 0 Å². The fraction of sp³-hybridized carbons (Fsp3) is 1.00. The minimum absolute atomic E-state index is 0.597. The summed E-state index contributed by atoms with van der Waals surface area (Å²) in [6.07, 6.45) is 2.18. The van der Waals surface area contributed by atoms with Crippen molar-refractivity contribution < 1.29 is 23.7 Å². The van der Waals surface area contributed by atoms with Crippen LogP contribution in [0.15, 0.2) is 0 Å². The number of ether oxygens (including phenoxy) is 5. The molecule has 0 aromatic heterocycles. The molecule has 0 spiro atoms. The van der Waals surface area contributed by atoms with E-state index in [-0.39, 0.29) is 0 Å². The molecule has 5 nitrogen and oxygen atoms in total. The average Bonchev–Trinajstić information content (AvgIpc) is 2.56. The molecule has 5 heteroatoms. The van der Waals surface area contributed by atoms with Gasteiger partial charge in [0.25, 0.3) is 0 Å². The molecule has 0 fully saturated rings. The smallest absolute Gasteiger partial charge is 0.0701 e. The van der Waals surface area contributed by atoms with Crippen LogP contribution in [0.2, 0.25) is 0 Å². The Labute approximate surface area is 156 Å². The molecule has 0 aromatic carbocycles. The van der Waals surface area contributed by atoms with Crippen LogP contribution in [-0.2, 0) is 23.7 Å². The minimum Gasteiger partial charge on any atom is -0.379 e. The van der Waals surface area contributed by atoms with Gasteiger partial charge in [-0.1, -0.05) is 41.5 Å². The van der Waals surface area contributed by atoms with E-state index in [0.29, 0.717) is 38.3 Å². The highest BCUT2D eigenvalue weighted by Gasteiger charge is 1.95. The predicted molar refractivity (Wildman–Crippen MR) is 104 cm³/mol. The fourth-order valence-corrected chi connectivity index (χ4v) is 1.59. The van der Waals surface area contributed by atoms with Crippen molar-refractivity contribution in [1.82, 2.24) is 0 Å². The molecule has 0 amide bonds. The van der Waals surface area contributed by atoms with Gasteiger partial charge in [0.2, 0.25) is 0 Å². The lowest BCUT2D eigenvalue weighted by Gasteiger charge is -2.08. The second-order valence-electron chi connectivity index (χ2n) is 6.77. The second kappa shape index (κ2) is 23.8. The van der Waals surface area contributed by atoms with Crippen molar-refractivity contribution >= 4 is 0 Å². The van der Waals surface area contributed by atoms with E-state index >= 15 is 0 Å². The molecular weight excluding hydrogens is 320 g/mol. The van der Waals surface area contributed by atoms with Gasteiger partial charge in [-0.15, -0.1) is 0 Å². The Bertz CT molecular complexity index is 200. The van der Waals surface area contributed by atoms with Crippen LogP contribution in [0.25, 0.3) is 0 Å². The van der Waals surface area contributed by atoms with Crippen LogP contribution in [0, 0.1) is 11.8 Å². The van der Waals surface area contributed by atoms with Gasteiger partial charge in [0.05, 0.1) is 39.6 Å². The van der Waals surface area contributed by atoms with Crippen molar-refractivity contribution in [3.05, 3.63) is 0 Å². The number of hydrogen-bond donors (Lipinski definition) is 0. The summed E-state index contributed by atoms with van der Waals surface area (Å²) in [4.78, 5) is 0. The van der Waals surface area contributed by atoms with Crippen LogP contribution in [0.1, 0.15) is 54.4 Å². The van der Waals surface area contributed by atoms with Gasteiger partial charge in [0.15, 0.2) is 0 Å². The van der Waals surface area contributed by atoms with Gasteiger partial charge in [0.1, 0.15) is 0 Å². The molecular formula is C20H44O5. The van der Waals surface area contributed by atoms with Crippen molar-refractivity contribution in [2.45, 2.75) is 54.4 Å². The Balaban J connectivity index is 0. The van der Waals surface area contributed by atoms with E-state index in [2.05, 4.69) is 41.5 Å². The van der Waals surface area contributed by atoms with Crippen LogP contribution < -0.4 is 0 Å². The first-order valence-corrected chi connectivity index (χ1v) is 9.93. The largest absolute Gasteiger partial charge is 0.379 e. The first-order chi connectivity index (χ1) is 12.0. The minimum atomic E-state index is 0.597. The van der Waals surface area contributed by atoms with Gasteiger partial charge in [-0.3, -0.25) is 0 Å². The quantitative estimate of drug-likeness (QED) is 0.362. The summed E-state index contributed by atoms with van der Waals surface area (Å²) in [5, 5.41) is 0. The Morgan fingerprint density at radius 2 is 0.720 bits per heavy atom. The maximum Gasteiger partial charge on any atom is 0.0701 e. The van der Waals surface area contributed by atoms with Crippen molar-refractivity contribution in [3.8, 4) is 0 Å². The van der Waals surface area contributed by atoms with Gasteiger partial charge in [-0.25, -0.2) is 0 Å². The molecule has 0 saturated carbocycles. The first kappa shape index (κ1) is 27.0. The lowest BCUT2D eigenvalue weighted by molar-refractivity contribution is 0.00525. The van der Waals surface area contributed by atoms with Gasteiger partial charge in [0, 0.05) is 26.4 Å². The molecule has 0 heterocycles. The zero-order valence-corrected chi connectivity index (χ0v) is 17.7. The standard InChI is InChI=1S/C12H26O3.C8H18O2/c1-11(2)9-14-7-5-13-6-8-15-10-12(3)4;1-3-5-9-7-8-10-6-4-2/h11-12H,5-10H2,1-4H3;3-8H2,1-2H3. The van der Waals surface area contributed by atoms with Crippen LogP contribution in [0.3, 0.4) is 0 Å². The Hall–Kier alpha value is -0.200. The highest BCUT2D eigenvalue weighted by molar-refractivity contribution is 4.41. The van der Waals surface area contributed by atoms with Crippen LogP contribution in [0.5, 0.6) is 0 Å². The average molecular weight is 365 g/mol. The van der Waals surface area contributed by atoms with E-state index < -0.39 is 0 Å². The molecule has 154 valence electrons. The summed E-state index contributed by atoms with van der Waals surface area (Å²) >= 11 is 0. The molecule has 0 N–H and O–H groups in total. The highest BCUT2D eigenvalue weighted by atomic mass is 16.5. The second-order valence-corrected chi connectivity index (χ2v) is 6.77. The summed E-state index contributed by atoms with van der Waals surface area (Å²) in [6, 6.07) is 0. The molecule has 0 aromatic rings. The molecule has 0 bridgehead atoms. The maximum atomic E-state index is 5.37. The van der Waals surface area contributed by atoms with Crippen molar-refractivity contribution in [2.24, 2.45) is 11.8 Å². The summed E-state index contributed by atoms with van der Waals surface area (Å²) in [6.45, 7) is 20.3. The van der Waals surface area contributed by atoms with Gasteiger partial charge >= 0.3 is 0 Å². The topological polar surface area (TPSA) is 46.2 Å².